The number of halogens is 13. The molecule has 0 aliphatic heterocycles. The third-order valence-electron chi connectivity index (χ3n) is 6.44. The van der Waals surface area contributed by atoms with Gasteiger partial charge in [0.15, 0.2) is 14.7 Å². The SMILES string of the molecule is O=S(=O)(O)C(F)(F)C(F)(F)CCOc1ccc([S+](c2ccccc2)c2ccc(OCC(C(F)(F)F)(C(F)(F)F)C(F)(F)F)cc2)cc1. The van der Waals surface area contributed by atoms with Crippen molar-refractivity contribution in [3.05, 3.63) is 78.9 Å². The molecule has 5 nitrogen and oxygen atoms in total. The molecule has 0 aliphatic carbocycles. The van der Waals surface area contributed by atoms with Crippen LogP contribution in [0.4, 0.5) is 57.1 Å². The van der Waals surface area contributed by atoms with Crippen molar-refractivity contribution in [2.24, 2.45) is 5.41 Å². The van der Waals surface area contributed by atoms with E-state index < -0.39 is 81.5 Å². The monoisotopic (exact) mass is 735 g/mol. The molecule has 0 spiro atoms. The van der Waals surface area contributed by atoms with Gasteiger partial charge in [-0.2, -0.15) is 65.5 Å². The molecule has 3 rings (SSSR count). The predicted molar refractivity (Wildman–Crippen MR) is 139 cm³/mol. The Kier molecular flexibility index (Phi) is 10.7. The van der Waals surface area contributed by atoms with Crippen molar-refractivity contribution in [2.45, 2.75) is 50.8 Å². The lowest BCUT2D eigenvalue weighted by atomic mass is 9.86. The first-order chi connectivity index (χ1) is 21.4. The Labute approximate surface area is 260 Å². The molecule has 1 atom stereocenters. The second-order valence-corrected chi connectivity index (χ2v) is 13.0. The third-order valence-corrected chi connectivity index (χ3v) is 9.62. The number of hydrogen-bond acceptors (Lipinski definition) is 4. The molecule has 3 aromatic carbocycles. The van der Waals surface area contributed by atoms with Crippen molar-refractivity contribution >= 4 is 21.0 Å². The minimum absolute atomic E-state index is 0.137. The molecule has 260 valence electrons. The molecule has 0 aliphatic rings. The van der Waals surface area contributed by atoms with Crippen molar-refractivity contribution in [3.63, 3.8) is 0 Å². The number of alkyl halides is 13. The standard InChI is InChI=1S/C27H19F13O5S2/c28-23(29,27(39,40)47(41,42)43)14-15-44-17-6-10-20(11-7-17)46(19-4-2-1-3-5-19)21-12-8-18(9-13-21)45-16-22(24(30,31)32,25(33,34)35)26(36,37)38/h1-13H,14-16H2/p+1. The highest BCUT2D eigenvalue weighted by Crippen LogP contribution is 2.59. The fourth-order valence-corrected chi connectivity index (χ4v) is 6.40. The molecule has 3 aromatic rings. The third kappa shape index (κ3) is 7.85. The summed E-state index contributed by atoms with van der Waals surface area (Å²) in [4.78, 5) is 1.39. The fraction of sp³-hybridized carbons (Fsp3) is 0.333. The van der Waals surface area contributed by atoms with Crippen LogP contribution in [-0.4, -0.2) is 55.9 Å². The van der Waals surface area contributed by atoms with Crippen LogP contribution in [0.1, 0.15) is 6.42 Å². The summed E-state index contributed by atoms with van der Waals surface area (Å²) < 4.78 is 212. The molecule has 0 radical (unpaired) electrons. The van der Waals surface area contributed by atoms with Crippen molar-refractivity contribution in [3.8, 4) is 11.5 Å². The van der Waals surface area contributed by atoms with E-state index in [9.17, 15) is 65.5 Å². The number of benzene rings is 3. The summed E-state index contributed by atoms with van der Waals surface area (Å²) in [5, 5.41) is -5.78. The van der Waals surface area contributed by atoms with Crippen molar-refractivity contribution < 1.29 is 79.5 Å². The molecule has 0 amide bonds. The van der Waals surface area contributed by atoms with E-state index in [1.165, 1.54) is 36.4 Å². The maximum Gasteiger partial charge on any atom is 0.431 e. The van der Waals surface area contributed by atoms with Gasteiger partial charge in [0.2, 0.25) is 0 Å². The minimum atomic E-state index is -6.80. The molecule has 0 fully saturated rings. The van der Waals surface area contributed by atoms with Gasteiger partial charge in [0, 0.05) is 0 Å². The molecule has 0 saturated carbocycles. The quantitative estimate of drug-likeness (QED) is 0.115. The summed E-state index contributed by atoms with van der Waals surface area (Å²) in [7, 11) is -7.54. The smallest absolute Gasteiger partial charge is 0.431 e. The maximum absolute atomic E-state index is 13.7. The fourth-order valence-electron chi connectivity index (χ4n) is 3.86. The van der Waals surface area contributed by atoms with Crippen LogP contribution < -0.4 is 9.47 Å². The molecule has 0 saturated heterocycles. The summed E-state index contributed by atoms with van der Waals surface area (Å²) >= 11 is 0. The first kappa shape index (κ1) is 38.1. The maximum atomic E-state index is 13.7. The van der Waals surface area contributed by atoms with Crippen LogP contribution in [0, 0.1) is 5.41 Å². The highest BCUT2D eigenvalue weighted by molar-refractivity contribution is 7.97. The predicted octanol–water partition coefficient (Wildman–Crippen LogP) is 8.72. The van der Waals surface area contributed by atoms with E-state index in [1.807, 2.05) is 0 Å². The highest BCUT2D eigenvalue weighted by atomic mass is 32.2. The zero-order valence-corrected chi connectivity index (χ0v) is 24.6. The zero-order valence-electron chi connectivity index (χ0n) is 22.9. The Balaban J connectivity index is 1.84. The Morgan fingerprint density at radius 2 is 0.957 bits per heavy atom. The van der Waals surface area contributed by atoms with Crippen molar-refractivity contribution in [1.29, 1.82) is 0 Å². The van der Waals surface area contributed by atoms with Gasteiger partial charge < -0.3 is 9.47 Å². The topological polar surface area (TPSA) is 72.8 Å². The summed E-state index contributed by atoms with van der Waals surface area (Å²) in [6.45, 7) is -3.95. The van der Waals surface area contributed by atoms with E-state index in [0.717, 1.165) is 12.1 Å². The average Bonchev–Trinajstić information content (AvgIpc) is 2.92. The van der Waals surface area contributed by atoms with Crippen LogP contribution in [0.15, 0.2) is 93.5 Å². The van der Waals surface area contributed by atoms with Crippen LogP contribution in [0.3, 0.4) is 0 Å². The molecular weight excluding hydrogens is 715 g/mol. The molecule has 0 heterocycles. The number of hydrogen-bond donors (Lipinski definition) is 1. The van der Waals surface area contributed by atoms with Gasteiger partial charge in [-0.25, -0.2) is 0 Å². The molecule has 20 heteroatoms. The average molecular weight is 736 g/mol. The van der Waals surface area contributed by atoms with Gasteiger partial charge in [0.25, 0.3) is 5.41 Å². The molecule has 1 N–H and O–H groups in total. The number of ether oxygens (including phenoxy) is 2. The normalized spacial score (nSPS) is 14.5. The van der Waals surface area contributed by atoms with E-state index in [-0.39, 0.29) is 5.75 Å². The van der Waals surface area contributed by atoms with Crippen LogP contribution in [-0.2, 0) is 21.0 Å². The molecule has 1 unspecified atom stereocenters. The van der Waals surface area contributed by atoms with Gasteiger partial charge in [-0.15, -0.1) is 0 Å². The van der Waals surface area contributed by atoms with Crippen LogP contribution in [0.25, 0.3) is 0 Å². The minimum Gasteiger partial charge on any atom is -0.493 e. The highest BCUT2D eigenvalue weighted by Gasteiger charge is 2.84. The Morgan fingerprint density at radius 1 is 0.574 bits per heavy atom. The van der Waals surface area contributed by atoms with E-state index in [4.69, 9.17) is 9.29 Å². The van der Waals surface area contributed by atoms with Gasteiger partial charge >= 0.3 is 39.8 Å². The van der Waals surface area contributed by atoms with Crippen LogP contribution >= 0.6 is 0 Å². The Bertz CT molecular complexity index is 1550. The Morgan fingerprint density at radius 3 is 1.34 bits per heavy atom. The lowest BCUT2D eigenvalue weighted by Crippen LogP contribution is -2.62. The molecule has 0 aromatic heterocycles. The first-order valence-corrected chi connectivity index (χ1v) is 15.2. The Hall–Kier alpha value is -3.39. The van der Waals surface area contributed by atoms with Gasteiger partial charge in [-0.3, -0.25) is 4.55 Å². The van der Waals surface area contributed by atoms with E-state index in [2.05, 4.69) is 4.74 Å². The van der Waals surface area contributed by atoms with E-state index in [0.29, 0.717) is 14.7 Å². The van der Waals surface area contributed by atoms with Gasteiger partial charge in [0.1, 0.15) is 18.1 Å². The number of rotatable bonds is 12. The largest absolute Gasteiger partial charge is 0.493 e. The molecular formula is C27H20F13O5S2+. The van der Waals surface area contributed by atoms with E-state index in [1.54, 1.807) is 30.3 Å². The van der Waals surface area contributed by atoms with Crippen molar-refractivity contribution in [2.75, 3.05) is 13.2 Å². The summed E-state index contributed by atoms with van der Waals surface area (Å²) in [5.74, 6) is -6.07. The van der Waals surface area contributed by atoms with Gasteiger partial charge in [-0.1, -0.05) is 18.2 Å². The molecule has 0 bridgehead atoms. The van der Waals surface area contributed by atoms with Crippen molar-refractivity contribution in [1.82, 2.24) is 0 Å². The lowest BCUT2D eigenvalue weighted by molar-refractivity contribution is -0.431. The zero-order chi connectivity index (χ0) is 35.7. The first-order valence-electron chi connectivity index (χ1n) is 12.5. The second kappa shape index (κ2) is 13.3. The lowest BCUT2D eigenvalue weighted by Gasteiger charge is -2.38. The molecule has 47 heavy (non-hydrogen) atoms. The summed E-state index contributed by atoms with van der Waals surface area (Å²) in [6, 6.07) is 17.5. The van der Waals surface area contributed by atoms with Gasteiger partial charge in [-0.05, 0) is 60.7 Å². The summed E-state index contributed by atoms with van der Waals surface area (Å²) in [5.41, 5.74) is -6.17. The van der Waals surface area contributed by atoms with Crippen LogP contribution in [0.5, 0.6) is 11.5 Å². The second-order valence-electron chi connectivity index (χ2n) is 9.54. The van der Waals surface area contributed by atoms with Gasteiger partial charge in [0.05, 0.1) is 23.9 Å². The van der Waals surface area contributed by atoms with Crippen LogP contribution in [0.2, 0.25) is 0 Å². The summed E-state index contributed by atoms with van der Waals surface area (Å²) in [6.07, 6.45) is -22.2. The van der Waals surface area contributed by atoms with E-state index >= 15 is 0 Å².